The molecule has 3 aromatic rings. The third-order valence-electron chi connectivity index (χ3n) is 4.92. The molecule has 2 amide bonds. The van der Waals surface area contributed by atoms with Crippen LogP contribution in [0, 0.1) is 20.8 Å². The van der Waals surface area contributed by atoms with E-state index in [9.17, 15) is 9.59 Å². The van der Waals surface area contributed by atoms with Gasteiger partial charge in [-0.05, 0) is 63.0 Å². The fourth-order valence-electron chi connectivity index (χ4n) is 3.19. The van der Waals surface area contributed by atoms with Gasteiger partial charge in [-0.1, -0.05) is 35.4 Å². The second-order valence-electron chi connectivity index (χ2n) is 7.52. The van der Waals surface area contributed by atoms with Crippen molar-refractivity contribution < 1.29 is 9.59 Å². The van der Waals surface area contributed by atoms with Crippen molar-refractivity contribution in [2.24, 2.45) is 0 Å². The number of thiazole rings is 1. The van der Waals surface area contributed by atoms with E-state index in [0.29, 0.717) is 17.1 Å². The highest BCUT2D eigenvalue weighted by molar-refractivity contribution is 7.98. The van der Waals surface area contributed by atoms with E-state index >= 15 is 0 Å². The van der Waals surface area contributed by atoms with E-state index in [1.54, 1.807) is 17.8 Å². The highest BCUT2D eigenvalue weighted by Crippen LogP contribution is 2.28. The summed E-state index contributed by atoms with van der Waals surface area (Å²) in [7, 11) is 0. The first-order chi connectivity index (χ1) is 14.9. The number of carbonyl (C=O) groups excluding carboxylic acids is 2. The lowest BCUT2D eigenvalue weighted by atomic mass is 10.0. The minimum absolute atomic E-state index is 0.250. The van der Waals surface area contributed by atoms with Crippen molar-refractivity contribution in [1.82, 2.24) is 10.3 Å². The van der Waals surface area contributed by atoms with Gasteiger partial charge in [-0.2, -0.15) is 11.8 Å². The summed E-state index contributed by atoms with van der Waals surface area (Å²) >= 11 is 3.02. The Kier molecular flexibility index (Phi) is 7.87. The molecule has 1 heterocycles. The number of aromatic nitrogens is 1. The van der Waals surface area contributed by atoms with E-state index in [-0.39, 0.29) is 11.8 Å². The fraction of sp³-hybridized carbons (Fsp3) is 0.292. The molecule has 0 fully saturated rings. The zero-order valence-electron chi connectivity index (χ0n) is 18.2. The quantitative estimate of drug-likeness (QED) is 0.490. The number of benzene rings is 2. The minimum atomic E-state index is -0.631. The smallest absolute Gasteiger partial charge is 0.251 e. The van der Waals surface area contributed by atoms with E-state index < -0.39 is 6.04 Å². The predicted molar refractivity (Wildman–Crippen MR) is 131 cm³/mol. The van der Waals surface area contributed by atoms with Crippen LogP contribution < -0.4 is 10.6 Å². The van der Waals surface area contributed by atoms with Crippen molar-refractivity contribution in [2.75, 3.05) is 17.3 Å². The van der Waals surface area contributed by atoms with Crippen LogP contribution in [0.4, 0.5) is 5.13 Å². The normalized spacial score (nSPS) is 11.7. The number of hydrogen-bond acceptors (Lipinski definition) is 5. The molecule has 31 heavy (non-hydrogen) atoms. The van der Waals surface area contributed by atoms with Crippen molar-refractivity contribution in [3.8, 4) is 11.3 Å². The number of carbonyl (C=O) groups is 2. The molecule has 2 N–H and O–H groups in total. The van der Waals surface area contributed by atoms with Crippen molar-refractivity contribution in [3.63, 3.8) is 0 Å². The van der Waals surface area contributed by atoms with Gasteiger partial charge in [0, 0.05) is 16.5 Å². The monoisotopic (exact) mass is 453 g/mol. The van der Waals surface area contributed by atoms with Crippen LogP contribution in [-0.4, -0.2) is 34.8 Å². The molecule has 0 unspecified atom stereocenters. The number of anilines is 1. The largest absolute Gasteiger partial charge is 0.340 e. The Morgan fingerprint density at radius 1 is 1.10 bits per heavy atom. The number of amides is 2. The lowest BCUT2D eigenvalue weighted by Crippen LogP contribution is -2.44. The Labute approximate surface area is 191 Å². The molecule has 7 heteroatoms. The molecule has 1 aromatic heterocycles. The van der Waals surface area contributed by atoms with Gasteiger partial charge in [-0.3, -0.25) is 9.59 Å². The maximum Gasteiger partial charge on any atom is 0.251 e. The van der Waals surface area contributed by atoms with Gasteiger partial charge >= 0.3 is 0 Å². The number of hydrogen-bond donors (Lipinski definition) is 2. The summed E-state index contributed by atoms with van der Waals surface area (Å²) in [6.45, 7) is 6.03. The summed E-state index contributed by atoms with van der Waals surface area (Å²) in [5.74, 6) is 0.259. The minimum Gasteiger partial charge on any atom is -0.340 e. The molecular weight excluding hydrogens is 426 g/mol. The number of thioether (sulfide) groups is 1. The van der Waals surface area contributed by atoms with Crippen molar-refractivity contribution >= 4 is 40.0 Å². The van der Waals surface area contributed by atoms with Gasteiger partial charge < -0.3 is 10.6 Å². The van der Waals surface area contributed by atoms with Crippen molar-refractivity contribution in [3.05, 3.63) is 70.1 Å². The molecule has 2 aromatic carbocycles. The van der Waals surface area contributed by atoms with Crippen LogP contribution in [0.1, 0.15) is 33.5 Å². The molecule has 0 saturated carbocycles. The van der Waals surface area contributed by atoms with Crippen molar-refractivity contribution in [2.45, 2.75) is 33.2 Å². The number of aryl methyl sites for hydroxylation is 3. The Hall–Kier alpha value is -2.64. The van der Waals surface area contributed by atoms with Crippen LogP contribution in [0.2, 0.25) is 0 Å². The van der Waals surface area contributed by atoms with Crippen LogP contribution in [-0.2, 0) is 4.79 Å². The second-order valence-corrected chi connectivity index (χ2v) is 9.37. The average Bonchev–Trinajstić information content (AvgIpc) is 3.20. The van der Waals surface area contributed by atoms with E-state index in [4.69, 9.17) is 0 Å². The maximum atomic E-state index is 13.0. The highest BCUT2D eigenvalue weighted by Gasteiger charge is 2.22. The summed E-state index contributed by atoms with van der Waals surface area (Å²) < 4.78 is 0. The molecule has 0 radical (unpaired) electrons. The van der Waals surface area contributed by atoms with Crippen LogP contribution >= 0.6 is 23.1 Å². The van der Waals surface area contributed by atoms with Gasteiger partial charge in [-0.15, -0.1) is 11.3 Å². The molecule has 0 aliphatic carbocycles. The van der Waals surface area contributed by atoms with Crippen molar-refractivity contribution in [1.29, 1.82) is 0 Å². The first kappa shape index (κ1) is 23.0. The van der Waals surface area contributed by atoms with Crippen LogP contribution in [0.5, 0.6) is 0 Å². The third kappa shape index (κ3) is 6.18. The Morgan fingerprint density at radius 2 is 1.87 bits per heavy atom. The van der Waals surface area contributed by atoms with Crippen LogP contribution in [0.3, 0.4) is 0 Å². The number of nitrogens with one attached hydrogen (secondary N) is 2. The molecule has 0 aliphatic rings. The van der Waals surface area contributed by atoms with Gasteiger partial charge in [0.15, 0.2) is 5.13 Å². The molecule has 3 rings (SSSR count). The first-order valence-electron chi connectivity index (χ1n) is 10.1. The molecule has 0 bridgehead atoms. The lowest BCUT2D eigenvalue weighted by Gasteiger charge is -2.17. The molecule has 0 spiro atoms. The SMILES string of the molecule is CSCC[C@H](NC(=O)c1cccc(C)c1)C(=O)Nc1nc(-c2cc(C)ccc2C)cs1. The van der Waals surface area contributed by atoms with Gasteiger partial charge in [0.25, 0.3) is 5.91 Å². The fourth-order valence-corrected chi connectivity index (χ4v) is 4.38. The zero-order chi connectivity index (χ0) is 22.4. The molecule has 162 valence electrons. The van der Waals surface area contributed by atoms with Crippen LogP contribution in [0.15, 0.2) is 47.8 Å². The summed E-state index contributed by atoms with van der Waals surface area (Å²) in [6, 6.07) is 12.9. The second kappa shape index (κ2) is 10.6. The lowest BCUT2D eigenvalue weighted by molar-refractivity contribution is -0.118. The van der Waals surface area contributed by atoms with Gasteiger partial charge in [0.05, 0.1) is 5.69 Å². The Morgan fingerprint density at radius 3 is 2.61 bits per heavy atom. The number of nitrogens with zero attached hydrogens (tertiary/aromatic N) is 1. The van der Waals surface area contributed by atoms with E-state index in [1.165, 1.54) is 11.3 Å². The molecule has 0 aliphatic heterocycles. The third-order valence-corrected chi connectivity index (χ3v) is 6.32. The first-order valence-corrected chi connectivity index (χ1v) is 12.3. The summed E-state index contributed by atoms with van der Waals surface area (Å²) in [6.07, 6.45) is 2.52. The highest BCUT2D eigenvalue weighted by atomic mass is 32.2. The topological polar surface area (TPSA) is 71.1 Å². The molecule has 1 atom stereocenters. The summed E-state index contributed by atoms with van der Waals surface area (Å²) in [5.41, 5.74) is 5.74. The van der Waals surface area contributed by atoms with Crippen LogP contribution in [0.25, 0.3) is 11.3 Å². The van der Waals surface area contributed by atoms with E-state index in [1.807, 2.05) is 50.6 Å². The average molecular weight is 454 g/mol. The van der Waals surface area contributed by atoms with Gasteiger partial charge in [0.2, 0.25) is 5.91 Å². The van der Waals surface area contributed by atoms with Gasteiger partial charge in [0.1, 0.15) is 6.04 Å². The Bertz CT molecular complexity index is 1080. The molecule has 5 nitrogen and oxygen atoms in total. The van der Waals surface area contributed by atoms with Gasteiger partial charge in [-0.25, -0.2) is 4.98 Å². The predicted octanol–water partition coefficient (Wildman–Crippen LogP) is 5.23. The summed E-state index contributed by atoms with van der Waals surface area (Å²) in [5, 5.41) is 8.24. The van der Waals surface area contributed by atoms with E-state index in [2.05, 4.69) is 33.8 Å². The Balaban J connectivity index is 1.73. The molecule has 0 saturated heterocycles. The number of rotatable bonds is 8. The maximum absolute atomic E-state index is 13.0. The summed E-state index contributed by atoms with van der Waals surface area (Å²) in [4.78, 5) is 30.2. The molecular formula is C24H27N3O2S2. The van der Waals surface area contributed by atoms with E-state index in [0.717, 1.165) is 33.7 Å². The standard InChI is InChI=1S/C24H27N3O2S2/c1-15-6-5-7-18(12-15)22(28)25-20(10-11-30-4)23(29)27-24-26-21(14-31-24)19-13-16(2)8-9-17(19)3/h5-9,12-14,20H,10-11H2,1-4H3,(H,25,28)(H,26,27,29)/t20-/m0/s1. The zero-order valence-corrected chi connectivity index (χ0v) is 19.8.